The van der Waals surface area contributed by atoms with Gasteiger partial charge in [-0.3, -0.25) is 9.52 Å². The molecule has 0 saturated heterocycles. The number of hydrogen-bond donors (Lipinski definition) is 2. The van der Waals surface area contributed by atoms with Gasteiger partial charge in [-0.15, -0.1) is 0 Å². The van der Waals surface area contributed by atoms with E-state index < -0.39 is 21.7 Å². The number of anilines is 2. The van der Waals surface area contributed by atoms with Crippen LogP contribution in [0.1, 0.15) is 10.4 Å². The largest absolute Gasteiger partial charge is 0.495 e. The Bertz CT molecular complexity index is 1100. The van der Waals surface area contributed by atoms with Gasteiger partial charge in [0.2, 0.25) is 0 Å². The number of rotatable bonds is 6. The summed E-state index contributed by atoms with van der Waals surface area (Å²) in [6, 6.07) is 17.9. The third kappa shape index (κ3) is 4.29. The van der Waals surface area contributed by atoms with Crippen molar-refractivity contribution in [2.24, 2.45) is 0 Å². The number of amides is 1. The van der Waals surface area contributed by atoms with Gasteiger partial charge in [-0.25, -0.2) is 12.8 Å². The van der Waals surface area contributed by atoms with Gasteiger partial charge in [0, 0.05) is 5.56 Å². The van der Waals surface area contributed by atoms with Crippen LogP contribution in [0.2, 0.25) is 0 Å². The van der Waals surface area contributed by atoms with E-state index in [1.165, 1.54) is 43.5 Å². The van der Waals surface area contributed by atoms with Gasteiger partial charge in [0.1, 0.15) is 11.6 Å². The lowest BCUT2D eigenvalue weighted by Crippen LogP contribution is -2.16. The quantitative estimate of drug-likeness (QED) is 0.658. The summed E-state index contributed by atoms with van der Waals surface area (Å²) in [6.07, 6.45) is 0. The molecule has 0 radical (unpaired) electrons. The topological polar surface area (TPSA) is 84.5 Å². The van der Waals surface area contributed by atoms with Crippen molar-refractivity contribution >= 4 is 27.3 Å². The summed E-state index contributed by atoms with van der Waals surface area (Å²) in [4.78, 5) is 12.2. The minimum atomic E-state index is -4.08. The lowest BCUT2D eigenvalue weighted by molar-refractivity contribution is 0.102. The number of carbonyl (C=O) groups is 1. The zero-order valence-corrected chi connectivity index (χ0v) is 15.7. The maximum atomic E-state index is 13.8. The molecule has 6 nitrogen and oxygen atoms in total. The van der Waals surface area contributed by atoms with Crippen LogP contribution < -0.4 is 14.8 Å². The maximum absolute atomic E-state index is 13.8. The molecule has 0 fully saturated rings. The lowest BCUT2D eigenvalue weighted by Gasteiger charge is -2.14. The maximum Gasteiger partial charge on any atom is 0.262 e. The summed E-state index contributed by atoms with van der Waals surface area (Å²) in [6.45, 7) is 0. The first kappa shape index (κ1) is 19.4. The van der Waals surface area contributed by atoms with Crippen LogP contribution in [0.3, 0.4) is 0 Å². The summed E-state index contributed by atoms with van der Waals surface area (Å²) in [5, 5.41) is 2.64. The van der Waals surface area contributed by atoms with Crippen LogP contribution in [-0.2, 0) is 10.0 Å². The van der Waals surface area contributed by atoms with Crippen molar-refractivity contribution in [3.8, 4) is 5.75 Å². The van der Waals surface area contributed by atoms with Crippen LogP contribution in [0, 0.1) is 5.82 Å². The molecule has 0 aliphatic heterocycles. The average Bonchev–Trinajstić information content (AvgIpc) is 2.70. The molecule has 0 bridgehead atoms. The van der Waals surface area contributed by atoms with E-state index in [2.05, 4.69) is 10.0 Å². The Morgan fingerprint density at radius 1 is 0.929 bits per heavy atom. The van der Waals surface area contributed by atoms with Crippen molar-refractivity contribution in [3.05, 3.63) is 84.2 Å². The first-order valence-corrected chi connectivity index (χ1v) is 9.71. The molecule has 3 rings (SSSR count). The molecule has 0 aliphatic carbocycles. The molecule has 0 aliphatic rings. The molecule has 0 heterocycles. The molecule has 8 heteroatoms. The van der Waals surface area contributed by atoms with Crippen molar-refractivity contribution in [2.45, 2.75) is 4.90 Å². The summed E-state index contributed by atoms with van der Waals surface area (Å²) in [7, 11) is -2.68. The van der Waals surface area contributed by atoms with E-state index in [1.807, 2.05) is 0 Å². The van der Waals surface area contributed by atoms with E-state index in [0.29, 0.717) is 5.56 Å². The van der Waals surface area contributed by atoms with Crippen LogP contribution in [-0.4, -0.2) is 21.4 Å². The van der Waals surface area contributed by atoms with Gasteiger partial charge in [-0.1, -0.05) is 30.3 Å². The highest BCUT2D eigenvalue weighted by atomic mass is 32.2. The number of hydrogen-bond acceptors (Lipinski definition) is 4. The predicted molar refractivity (Wildman–Crippen MR) is 105 cm³/mol. The van der Waals surface area contributed by atoms with Gasteiger partial charge in [-0.2, -0.15) is 0 Å². The second-order valence-corrected chi connectivity index (χ2v) is 7.45. The third-order valence-electron chi connectivity index (χ3n) is 3.88. The predicted octanol–water partition coefficient (Wildman–Crippen LogP) is 3.89. The number of methoxy groups -OCH3 is 1. The van der Waals surface area contributed by atoms with E-state index in [9.17, 15) is 17.6 Å². The summed E-state index contributed by atoms with van der Waals surface area (Å²) < 4.78 is 46.4. The molecule has 1 amide bonds. The van der Waals surface area contributed by atoms with Crippen LogP contribution in [0.15, 0.2) is 77.7 Å². The standard InChI is InChI=1S/C20H17FN2O4S/c1-27-19-12-11-15(28(25,26)23-17-10-6-5-9-16(17)21)13-18(19)22-20(24)14-7-3-2-4-8-14/h2-13,23H,1H3,(H,22,24). The molecule has 3 aromatic rings. The van der Waals surface area contributed by atoms with Gasteiger partial charge >= 0.3 is 0 Å². The molecule has 28 heavy (non-hydrogen) atoms. The van der Waals surface area contributed by atoms with Crippen LogP contribution in [0.4, 0.5) is 15.8 Å². The van der Waals surface area contributed by atoms with E-state index in [4.69, 9.17) is 4.74 Å². The van der Waals surface area contributed by atoms with Crippen molar-refractivity contribution in [3.63, 3.8) is 0 Å². The number of carbonyl (C=O) groups excluding carboxylic acids is 1. The van der Waals surface area contributed by atoms with Crippen molar-refractivity contribution in [1.82, 2.24) is 0 Å². The Labute approximate surface area is 162 Å². The Morgan fingerprint density at radius 2 is 1.61 bits per heavy atom. The molecule has 0 spiro atoms. The zero-order valence-electron chi connectivity index (χ0n) is 14.8. The number of para-hydroxylation sites is 1. The Balaban J connectivity index is 1.92. The SMILES string of the molecule is COc1ccc(S(=O)(=O)Nc2ccccc2F)cc1NC(=O)c1ccccc1. The fourth-order valence-electron chi connectivity index (χ4n) is 2.48. The zero-order chi connectivity index (χ0) is 20.1. The van der Waals surface area contributed by atoms with E-state index in [1.54, 1.807) is 30.3 Å². The fourth-order valence-corrected chi connectivity index (χ4v) is 3.58. The number of benzene rings is 3. The molecule has 0 aromatic heterocycles. The van der Waals surface area contributed by atoms with Gasteiger partial charge in [0.25, 0.3) is 15.9 Å². The highest BCUT2D eigenvalue weighted by Gasteiger charge is 2.19. The first-order chi connectivity index (χ1) is 13.4. The fraction of sp³-hybridized carbons (Fsp3) is 0.0500. The highest BCUT2D eigenvalue weighted by Crippen LogP contribution is 2.29. The van der Waals surface area contributed by atoms with Crippen LogP contribution >= 0.6 is 0 Å². The molecule has 0 unspecified atom stereocenters. The monoisotopic (exact) mass is 400 g/mol. The van der Waals surface area contributed by atoms with Crippen molar-refractivity contribution < 1.29 is 22.3 Å². The van der Waals surface area contributed by atoms with Gasteiger partial charge in [0.05, 0.1) is 23.4 Å². The first-order valence-electron chi connectivity index (χ1n) is 8.22. The molecular weight excluding hydrogens is 383 g/mol. The van der Waals surface area contributed by atoms with Crippen molar-refractivity contribution in [1.29, 1.82) is 0 Å². The summed E-state index contributed by atoms with van der Waals surface area (Å²) in [5.74, 6) is -0.832. The Kier molecular flexibility index (Phi) is 5.60. The molecule has 3 aromatic carbocycles. The summed E-state index contributed by atoms with van der Waals surface area (Å²) >= 11 is 0. The molecular formula is C20H17FN2O4S. The van der Waals surface area contributed by atoms with Crippen LogP contribution in [0.25, 0.3) is 0 Å². The van der Waals surface area contributed by atoms with Gasteiger partial charge in [0.15, 0.2) is 0 Å². The Hall–Kier alpha value is -3.39. The second kappa shape index (κ2) is 8.10. The molecule has 2 N–H and O–H groups in total. The van der Waals surface area contributed by atoms with E-state index >= 15 is 0 Å². The molecule has 0 atom stereocenters. The number of nitrogens with one attached hydrogen (secondary N) is 2. The van der Waals surface area contributed by atoms with Gasteiger partial charge < -0.3 is 10.1 Å². The van der Waals surface area contributed by atoms with E-state index in [0.717, 1.165) is 6.07 Å². The Morgan fingerprint density at radius 3 is 2.29 bits per heavy atom. The molecule has 144 valence electrons. The molecule has 0 saturated carbocycles. The minimum Gasteiger partial charge on any atom is -0.495 e. The number of ether oxygens (including phenoxy) is 1. The highest BCUT2D eigenvalue weighted by molar-refractivity contribution is 7.92. The third-order valence-corrected chi connectivity index (χ3v) is 5.25. The van der Waals surface area contributed by atoms with Crippen molar-refractivity contribution in [2.75, 3.05) is 17.1 Å². The minimum absolute atomic E-state index is 0.153. The lowest BCUT2D eigenvalue weighted by atomic mass is 10.2. The average molecular weight is 400 g/mol. The number of halogens is 1. The van der Waals surface area contributed by atoms with Crippen LogP contribution in [0.5, 0.6) is 5.75 Å². The normalized spacial score (nSPS) is 10.9. The summed E-state index contributed by atoms with van der Waals surface area (Å²) in [5.41, 5.74) is 0.406. The van der Waals surface area contributed by atoms with Gasteiger partial charge in [-0.05, 0) is 42.5 Å². The number of sulfonamides is 1. The smallest absolute Gasteiger partial charge is 0.262 e. The van der Waals surface area contributed by atoms with E-state index in [-0.39, 0.29) is 22.0 Å². The second-order valence-electron chi connectivity index (χ2n) is 5.77.